The minimum absolute atomic E-state index is 0.0684. The van der Waals surface area contributed by atoms with Gasteiger partial charge in [-0.05, 0) is 24.3 Å². The second kappa shape index (κ2) is 5.16. The molecule has 0 aliphatic carbocycles. The largest absolute Gasteiger partial charge is 0.543 e. The number of rotatable bonds is 4. The van der Waals surface area contributed by atoms with E-state index in [0.717, 1.165) is 0 Å². The van der Waals surface area contributed by atoms with Crippen LogP contribution in [0.5, 0.6) is 0 Å². The van der Waals surface area contributed by atoms with Gasteiger partial charge in [-0.15, -0.1) is 5.10 Å². The Bertz CT molecular complexity index is 565. The average molecular weight is 267 g/mol. The van der Waals surface area contributed by atoms with E-state index >= 15 is 0 Å². The van der Waals surface area contributed by atoms with Crippen molar-refractivity contribution in [3.63, 3.8) is 0 Å². The van der Waals surface area contributed by atoms with Crippen molar-refractivity contribution in [3.8, 4) is 5.69 Å². The third-order valence-electron chi connectivity index (χ3n) is 2.31. The number of carbonyl (C=O) groups is 1. The van der Waals surface area contributed by atoms with Crippen LogP contribution in [0.2, 0.25) is 5.02 Å². The summed E-state index contributed by atoms with van der Waals surface area (Å²) in [6, 6.07) is 6.76. The van der Waals surface area contributed by atoms with Crippen LogP contribution >= 0.6 is 11.6 Å². The fraction of sp³-hybridized carbons (Fsp3) is 0.182. The number of aromatic nitrogens is 3. The molecule has 0 saturated heterocycles. The topological polar surface area (TPSA) is 80.1 Å². The predicted molar refractivity (Wildman–Crippen MR) is 61.4 cm³/mol. The zero-order valence-electron chi connectivity index (χ0n) is 9.46. The maximum absolute atomic E-state index is 10.9. The van der Waals surface area contributed by atoms with E-state index in [1.54, 1.807) is 24.3 Å². The molecule has 94 valence electrons. The molecule has 0 fully saturated rings. The van der Waals surface area contributed by atoms with E-state index in [9.17, 15) is 9.90 Å². The first-order valence-corrected chi connectivity index (χ1v) is 5.42. The van der Waals surface area contributed by atoms with E-state index in [1.807, 2.05) is 0 Å². The molecule has 18 heavy (non-hydrogen) atoms. The Hall–Kier alpha value is -1.92. The first-order chi connectivity index (χ1) is 8.63. The highest BCUT2D eigenvalue weighted by Gasteiger charge is 2.14. The molecule has 0 bridgehead atoms. The van der Waals surface area contributed by atoms with Gasteiger partial charge in [-0.3, -0.25) is 0 Å². The highest BCUT2D eigenvalue weighted by molar-refractivity contribution is 6.30. The molecule has 0 aliphatic heterocycles. The molecule has 0 radical (unpaired) electrons. The Morgan fingerprint density at radius 2 is 2.11 bits per heavy atom. The van der Waals surface area contributed by atoms with Crippen molar-refractivity contribution in [1.29, 1.82) is 0 Å². The highest BCUT2D eigenvalue weighted by Crippen LogP contribution is 2.16. The molecule has 1 aromatic carbocycles. The van der Waals surface area contributed by atoms with Gasteiger partial charge in [0.2, 0.25) is 0 Å². The van der Waals surface area contributed by atoms with Gasteiger partial charge in [0.05, 0.1) is 24.0 Å². The van der Waals surface area contributed by atoms with Crippen LogP contribution < -0.4 is 5.11 Å². The summed E-state index contributed by atoms with van der Waals surface area (Å²) in [6.07, 6.45) is 0. The Morgan fingerprint density at radius 1 is 1.44 bits per heavy atom. The number of ether oxygens (including phenoxy) is 1. The molecular formula is C11H9ClN3O3-. The zero-order chi connectivity index (χ0) is 13.1. The van der Waals surface area contributed by atoms with Crippen LogP contribution in [-0.4, -0.2) is 28.1 Å². The Labute approximate surface area is 108 Å². The lowest BCUT2D eigenvalue weighted by molar-refractivity contribution is -0.255. The SMILES string of the molecule is COCc1c(C(=O)[O-])nnn1-c1ccc(Cl)cc1. The van der Waals surface area contributed by atoms with Gasteiger partial charge >= 0.3 is 0 Å². The Balaban J connectivity index is 2.50. The number of halogens is 1. The smallest absolute Gasteiger partial charge is 0.134 e. The predicted octanol–water partition coefficient (Wildman–Crippen LogP) is 0.431. The number of hydrogen-bond donors (Lipinski definition) is 0. The van der Waals surface area contributed by atoms with Crippen molar-refractivity contribution in [2.45, 2.75) is 6.61 Å². The van der Waals surface area contributed by atoms with Crippen LogP contribution in [0.3, 0.4) is 0 Å². The summed E-state index contributed by atoms with van der Waals surface area (Å²) in [6.45, 7) is 0.0684. The minimum atomic E-state index is -1.39. The number of carboxylic acids is 1. The lowest BCUT2D eigenvalue weighted by atomic mass is 10.3. The fourth-order valence-electron chi connectivity index (χ4n) is 1.52. The van der Waals surface area contributed by atoms with Gasteiger partial charge in [0.1, 0.15) is 5.69 Å². The summed E-state index contributed by atoms with van der Waals surface area (Å²) in [4.78, 5) is 10.9. The molecule has 1 heterocycles. The summed E-state index contributed by atoms with van der Waals surface area (Å²) in [7, 11) is 1.46. The highest BCUT2D eigenvalue weighted by atomic mass is 35.5. The summed E-state index contributed by atoms with van der Waals surface area (Å²) in [5.74, 6) is -1.39. The van der Waals surface area contributed by atoms with E-state index < -0.39 is 5.97 Å². The summed E-state index contributed by atoms with van der Waals surface area (Å²) >= 11 is 5.78. The molecule has 7 heteroatoms. The van der Waals surface area contributed by atoms with Crippen molar-refractivity contribution in [2.24, 2.45) is 0 Å². The number of hydrogen-bond acceptors (Lipinski definition) is 5. The third kappa shape index (κ3) is 2.34. The van der Waals surface area contributed by atoms with Crippen LogP contribution in [-0.2, 0) is 11.3 Å². The normalized spacial score (nSPS) is 10.6. The first kappa shape index (κ1) is 12.5. The average Bonchev–Trinajstić information content (AvgIpc) is 2.74. The Morgan fingerprint density at radius 3 is 2.67 bits per heavy atom. The standard InChI is InChI=1S/C11H10ClN3O3/c1-18-6-9-10(11(16)17)13-14-15(9)8-4-2-7(12)3-5-8/h2-5H,6H2,1H3,(H,16,17)/p-1. The summed E-state index contributed by atoms with van der Waals surface area (Å²) in [5.41, 5.74) is 0.734. The van der Waals surface area contributed by atoms with Crippen molar-refractivity contribution < 1.29 is 14.6 Å². The quantitative estimate of drug-likeness (QED) is 0.802. The van der Waals surface area contributed by atoms with Crippen molar-refractivity contribution in [3.05, 3.63) is 40.7 Å². The number of carbonyl (C=O) groups excluding carboxylic acids is 1. The van der Waals surface area contributed by atoms with E-state index in [4.69, 9.17) is 16.3 Å². The molecule has 1 aromatic heterocycles. The van der Waals surface area contributed by atoms with Crippen LogP contribution in [0, 0.1) is 0 Å². The number of benzene rings is 1. The van der Waals surface area contributed by atoms with E-state index in [0.29, 0.717) is 16.4 Å². The van der Waals surface area contributed by atoms with E-state index in [-0.39, 0.29) is 12.3 Å². The molecule has 0 spiro atoms. The minimum Gasteiger partial charge on any atom is -0.543 e. The van der Waals surface area contributed by atoms with Crippen LogP contribution in [0.1, 0.15) is 16.2 Å². The molecule has 2 aromatic rings. The number of nitrogens with zero attached hydrogens (tertiary/aromatic N) is 3. The Kier molecular flexibility index (Phi) is 3.59. The molecule has 0 N–H and O–H groups in total. The van der Waals surface area contributed by atoms with Crippen LogP contribution in [0.25, 0.3) is 5.69 Å². The maximum Gasteiger partial charge on any atom is 0.134 e. The molecule has 0 amide bonds. The van der Waals surface area contributed by atoms with Crippen molar-refractivity contribution >= 4 is 17.6 Å². The number of aromatic carboxylic acids is 1. The molecule has 0 unspecified atom stereocenters. The molecule has 0 aliphatic rings. The fourth-order valence-corrected chi connectivity index (χ4v) is 1.64. The maximum atomic E-state index is 10.9. The summed E-state index contributed by atoms with van der Waals surface area (Å²) in [5, 5.41) is 18.8. The number of methoxy groups -OCH3 is 1. The lowest BCUT2D eigenvalue weighted by Crippen LogP contribution is -2.24. The zero-order valence-corrected chi connectivity index (χ0v) is 10.2. The first-order valence-electron chi connectivity index (χ1n) is 5.04. The summed E-state index contributed by atoms with van der Waals surface area (Å²) < 4.78 is 6.32. The van der Waals surface area contributed by atoms with Gasteiger partial charge < -0.3 is 14.6 Å². The molecule has 6 nitrogen and oxygen atoms in total. The van der Waals surface area contributed by atoms with Crippen LogP contribution in [0.15, 0.2) is 24.3 Å². The third-order valence-corrected chi connectivity index (χ3v) is 2.56. The van der Waals surface area contributed by atoms with Gasteiger partial charge in [0, 0.05) is 12.1 Å². The molecule has 0 saturated carbocycles. The van der Waals surface area contributed by atoms with Crippen LogP contribution in [0.4, 0.5) is 0 Å². The van der Waals surface area contributed by atoms with Gasteiger partial charge in [-0.1, -0.05) is 16.8 Å². The second-order valence-corrected chi connectivity index (χ2v) is 3.93. The van der Waals surface area contributed by atoms with Crippen molar-refractivity contribution in [2.75, 3.05) is 7.11 Å². The monoisotopic (exact) mass is 266 g/mol. The van der Waals surface area contributed by atoms with E-state index in [2.05, 4.69) is 10.3 Å². The van der Waals surface area contributed by atoms with Gasteiger partial charge in [0.15, 0.2) is 0 Å². The van der Waals surface area contributed by atoms with Gasteiger partial charge in [0.25, 0.3) is 0 Å². The molecule has 0 atom stereocenters. The van der Waals surface area contributed by atoms with Crippen molar-refractivity contribution in [1.82, 2.24) is 15.0 Å². The molecular weight excluding hydrogens is 258 g/mol. The second-order valence-electron chi connectivity index (χ2n) is 3.49. The van der Waals surface area contributed by atoms with Gasteiger partial charge in [-0.2, -0.15) is 0 Å². The van der Waals surface area contributed by atoms with Gasteiger partial charge in [-0.25, -0.2) is 4.68 Å². The van der Waals surface area contributed by atoms with E-state index in [1.165, 1.54) is 11.8 Å². The lowest BCUT2D eigenvalue weighted by Gasteiger charge is -2.07. The molecule has 2 rings (SSSR count). The number of carboxylic acid groups (broad SMARTS) is 1.